The van der Waals surface area contributed by atoms with Crippen molar-refractivity contribution < 1.29 is 19.0 Å². The molecule has 1 amide bonds. The highest BCUT2D eigenvalue weighted by Crippen LogP contribution is 2.43. The molecule has 0 radical (unpaired) electrons. The van der Waals surface area contributed by atoms with Crippen LogP contribution in [0.4, 0.5) is 0 Å². The van der Waals surface area contributed by atoms with Gasteiger partial charge in [-0.05, 0) is 74.5 Å². The van der Waals surface area contributed by atoms with E-state index in [1.807, 2.05) is 12.1 Å². The Labute approximate surface area is 211 Å². The van der Waals surface area contributed by atoms with Crippen molar-refractivity contribution in [1.82, 2.24) is 9.80 Å². The van der Waals surface area contributed by atoms with Gasteiger partial charge in [-0.1, -0.05) is 25.0 Å². The van der Waals surface area contributed by atoms with E-state index in [0.717, 1.165) is 38.0 Å². The summed E-state index contributed by atoms with van der Waals surface area (Å²) in [7, 11) is 4.87. The second-order valence-corrected chi connectivity index (χ2v) is 11.3. The number of likely N-dealkylation sites (tertiary alicyclic amines) is 2. The van der Waals surface area contributed by atoms with Gasteiger partial charge in [-0.25, -0.2) is 0 Å². The van der Waals surface area contributed by atoms with Gasteiger partial charge in [0, 0.05) is 38.6 Å². The number of nitrogens with zero attached hydrogens (tertiary/aromatic N) is 2. The Morgan fingerprint density at radius 3 is 2.37 bits per heavy atom. The minimum absolute atomic E-state index is 0.262. The third-order valence-electron chi connectivity index (χ3n) is 8.67. The molecular weight excluding hydrogens is 440 g/mol. The summed E-state index contributed by atoms with van der Waals surface area (Å²) in [6.07, 6.45) is 7.76. The van der Waals surface area contributed by atoms with Gasteiger partial charge in [0.05, 0.1) is 21.3 Å². The van der Waals surface area contributed by atoms with E-state index in [4.69, 9.17) is 14.2 Å². The van der Waals surface area contributed by atoms with Crippen LogP contribution in [0.15, 0.2) is 23.3 Å². The van der Waals surface area contributed by atoms with E-state index >= 15 is 0 Å². The number of methoxy groups -OCH3 is 3. The minimum atomic E-state index is 0.262. The molecule has 0 saturated carbocycles. The van der Waals surface area contributed by atoms with Crippen LogP contribution in [-0.2, 0) is 11.3 Å². The standard InChI is InChI=1S/C29H44N2O4/c1-20-8-7-13-29(2,3)23(20)11-14-30-15-12-24-22(19-30)9-10-27(32)31(24)18-21-16-25(33-4)28(35-6)26(17-21)34-5/h16-17,22,24H,7-15,18-19H2,1-6H3/t22-,24+/m1/s1. The second kappa shape index (κ2) is 10.8. The minimum Gasteiger partial charge on any atom is -0.493 e. The maximum atomic E-state index is 13.0. The first-order valence-electron chi connectivity index (χ1n) is 13.3. The highest BCUT2D eigenvalue weighted by Gasteiger charge is 2.39. The summed E-state index contributed by atoms with van der Waals surface area (Å²) in [5.41, 5.74) is 4.66. The number of hydrogen-bond acceptors (Lipinski definition) is 5. The number of benzene rings is 1. The highest BCUT2D eigenvalue weighted by atomic mass is 16.5. The smallest absolute Gasteiger partial charge is 0.223 e. The fraction of sp³-hybridized carbons (Fsp3) is 0.690. The summed E-state index contributed by atoms with van der Waals surface area (Å²) >= 11 is 0. The van der Waals surface area contributed by atoms with Crippen LogP contribution in [-0.4, -0.2) is 62.7 Å². The molecule has 2 aliphatic heterocycles. The number of rotatable bonds is 8. The normalized spacial score (nSPS) is 24.9. The van der Waals surface area contributed by atoms with Crippen LogP contribution in [0.1, 0.15) is 71.3 Å². The van der Waals surface area contributed by atoms with Gasteiger partial charge >= 0.3 is 0 Å². The van der Waals surface area contributed by atoms with Gasteiger partial charge in [-0.3, -0.25) is 4.79 Å². The Kier molecular flexibility index (Phi) is 7.99. The zero-order valence-corrected chi connectivity index (χ0v) is 22.6. The van der Waals surface area contributed by atoms with Crippen molar-refractivity contribution in [3.8, 4) is 17.2 Å². The zero-order valence-electron chi connectivity index (χ0n) is 22.6. The van der Waals surface area contributed by atoms with E-state index in [0.29, 0.717) is 47.6 Å². The summed E-state index contributed by atoms with van der Waals surface area (Å²) in [6, 6.07) is 4.24. The van der Waals surface area contributed by atoms with Gasteiger partial charge in [0.15, 0.2) is 11.5 Å². The molecule has 6 nitrogen and oxygen atoms in total. The Morgan fingerprint density at radius 1 is 1.03 bits per heavy atom. The number of hydrogen-bond donors (Lipinski definition) is 0. The van der Waals surface area contributed by atoms with Gasteiger partial charge in [0.25, 0.3) is 0 Å². The molecule has 0 bridgehead atoms. The van der Waals surface area contributed by atoms with E-state index in [9.17, 15) is 4.79 Å². The zero-order chi connectivity index (χ0) is 25.2. The molecule has 4 rings (SSSR count). The molecule has 3 aliphatic rings. The van der Waals surface area contributed by atoms with Crippen molar-refractivity contribution in [1.29, 1.82) is 0 Å². The fourth-order valence-electron chi connectivity index (χ4n) is 6.76. The number of carbonyl (C=O) groups is 1. The Hall–Kier alpha value is -2.21. The van der Waals surface area contributed by atoms with Gasteiger partial charge < -0.3 is 24.0 Å². The topological polar surface area (TPSA) is 51.2 Å². The molecule has 0 aromatic heterocycles. The molecule has 35 heavy (non-hydrogen) atoms. The van der Waals surface area contributed by atoms with Crippen LogP contribution in [0.3, 0.4) is 0 Å². The number of fused-ring (bicyclic) bond motifs is 1. The lowest BCUT2D eigenvalue weighted by molar-refractivity contribution is -0.142. The number of amides is 1. The molecule has 0 unspecified atom stereocenters. The van der Waals surface area contributed by atoms with Crippen molar-refractivity contribution in [3.63, 3.8) is 0 Å². The van der Waals surface area contributed by atoms with Crippen LogP contribution >= 0.6 is 0 Å². The lowest BCUT2D eigenvalue weighted by Gasteiger charge is -2.47. The van der Waals surface area contributed by atoms with Crippen LogP contribution in [0.5, 0.6) is 17.2 Å². The predicted octanol–water partition coefficient (Wildman–Crippen LogP) is 5.44. The second-order valence-electron chi connectivity index (χ2n) is 11.3. The lowest BCUT2D eigenvalue weighted by Crippen LogP contribution is -2.55. The van der Waals surface area contributed by atoms with E-state index in [2.05, 4.69) is 30.6 Å². The maximum absolute atomic E-state index is 13.0. The summed E-state index contributed by atoms with van der Waals surface area (Å²) in [4.78, 5) is 17.8. The molecule has 2 heterocycles. The Bertz CT molecular complexity index is 929. The van der Waals surface area contributed by atoms with Gasteiger partial charge in [0.1, 0.15) is 0 Å². The van der Waals surface area contributed by atoms with Crippen LogP contribution in [0.25, 0.3) is 0 Å². The lowest BCUT2D eigenvalue weighted by atomic mass is 9.71. The largest absolute Gasteiger partial charge is 0.493 e. The third kappa shape index (κ3) is 5.47. The molecule has 0 N–H and O–H groups in total. The van der Waals surface area contributed by atoms with Gasteiger partial charge in [-0.2, -0.15) is 0 Å². The molecule has 2 atom stereocenters. The summed E-state index contributed by atoms with van der Waals surface area (Å²) < 4.78 is 16.5. The Morgan fingerprint density at radius 2 is 1.74 bits per heavy atom. The maximum Gasteiger partial charge on any atom is 0.223 e. The van der Waals surface area contributed by atoms with Crippen molar-refractivity contribution in [2.24, 2.45) is 11.3 Å². The van der Waals surface area contributed by atoms with Crippen LogP contribution < -0.4 is 14.2 Å². The molecule has 1 aliphatic carbocycles. The summed E-state index contributed by atoms with van der Waals surface area (Å²) in [5.74, 6) is 2.65. The van der Waals surface area contributed by atoms with Gasteiger partial charge in [-0.15, -0.1) is 0 Å². The van der Waals surface area contributed by atoms with Crippen molar-refractivity contribution in [3.05, 3.63) is 28.8 Å². The van der Waals surface area contributed by atoms with E-state index in [1.54, 1.807) is 32.5 Å². The molecular formula is C29H44N2O4. The number of allylic oxidation sites excluding steroid dienone is 1. The molecule has 1 aromatic rings. The molecule has 2 fully saturated rings. The Balaban J connectivity index is 1.43. The SMILES string of the molecule is COc1cc(CN2C(=O)CC[C@@H]3CN(CCC4=C(C)CCCC4(C)C)CC[C@@H]32)cc(OC)c1OC. The van der Waals surface area contributed by atoms with Crippen molar-refractivity contribution in [2.75, 3.05) is 41.0 Å². The quantitative estimate of drug-likeness (QED) is 0.460. The first kappa shape index (κ1) is 25.9. The third-order valence-corrected chi connectivity index (χ3v) is 8.67. The van der Waals surface area contributed by atoms with Crippen LogP contribution in [0, 0.1) is 11.3 Å². The fourth-order valence-corrected chi connectivity index (χ4v) is 6.76. The van der Waals surface area contributed by atoms with E-state index in [1.165, 1.54) is 25.7 Å². The first-order valence-corrected chi connectivity index (χ1v) is 13.3. The average Bonchev–Trinajstić information content (AvgIpc) is 2.84. The molecule has 0 spiro atoms. The van der Waals surface area contributed by atoms with E-state index < -0.39 is 0 Å². The number of piperidine rings is 2. The predicted molar refractivity (Wildman–Crippen MR) is 139 cm³/mol. The molecule has 1 aromatic carbocycles. The van der Waals surface area contributed by atoms with Crippen molar-refractivity contribution in [2.45, 2.75) is 78.3 Å². The number of ether oxygens (including phenoxy) is 3. The molecule has 2 saturated heterocycles. The first-order chi connectivity index (χ1) is 16.8. The van der Waals surface area contributed by atoms with Gasteiger partial charge in [0.2, 0.25) is 11.7 Å². The monoisotopic (exact) mass is 484 g/mol. The summed E-state index contributed by atoms with van der Waals surface area (Å²) in [6.45, 7) is 11.1. The van der Waals surface area contributed by atoms with Crippen LogP contribution in [0.2, 0.25) is 0 Å². The average molecular weight is 485 g/mol. The molecule has 194 valence electrons. The summed E-state index contributed by atoms with van der Waals surface area (Å²) in [5, 5.41) is 0. The number of carbonyl (C=O) groups excluding carboxylic acids is 1. The highest BCUT2D eigenvalue weighted by molar-refractivity contribution is 5.77. The van der Waals surface area contributed by atoms with E-state index in [-0.39, 0.29) is 5.91 Å². The molecule has 6 heteroatoms. The van der Waals surface area contributed by atoms with Crippen molar-refractivity contribution >= 4 is 5.91 Å².